The van der Waals surface area contributed by atoms with Gasteiger partial charge in [-0.1, -0.05) is 48.0 Å². The molecule has 8 nitrogen and oxygen atoms in total. The standard InChI is InChI=1S/C22H22ClN3O5S/c1-14-9-10-16(11-18(14)23)25-21(27)20(15-7-5-4-6-8-15)31-22(28)19-12-17(13-26(19)3)32(29,30)24-2/h4-13,20,24H,1-3H3,(H,25,27). The van der Waals surface area contributed by atoms with Gasteiger partial charge in [-0.05, 0) is 37.7 Å². The fraction of sp³-hybridized carbons (Fsp3) is 0.182. The van der Waals surface area contributed by atoms with Crippen LogP contribution in [0.2, 0.25) is 5.02 Å². The van der Waals surface area contributed by atoms with Crippen LogP contribution in [-0.4, -0.2) is 31.9 Å². The average Bonchev–Trinajstić information content (AvgIpc) is 3.17. The Morgan fingerprint density at radius 3 is 2.41 bits per heavy atom. The first kappa shape index (κ1) is 23.5. The molecule has 1 unspecified atom stereocenters. The zero-order valence-electron chi connectivity index (χ0n) is 17.6. The molecule has 1 atom stereocenters. The number of amides is 1. The quantitative estimate of drug-likeness (QED) is 0.509. The van der Waals surface area contributed by atoms with Crippen LogP contribution in [0.5, 0.6) is 0 Å². The molecule has 1 heterocycles. The predicted molar refractivity (Wildman–Crippen MR) is 121 cm³/mol. The van der Waals surface area contributed by atoms with E-state index in [-0.39, 0.29) is 10.6 Å². The molecule has 10 heteroatoms. The largest absolute Gasteiger partial charge is 0.443 e. The Morgan fingerprint density at radius 1 is 1.09 bits per heavy atom. The van der Waals surface area contributed by atoms with E-state index >= 15 is 0 Å². The van der Waals surface area contributed by atoms with Crippen molar-refractivity contribution in [3.05, 3.63) is 82.6 Å². The van der Waals surface area contributed by atoms with Crippen LogP contribution >= 0.6 is 11.6 Å². The second kappa shape index (κ2) is 9.56. The molecule has 168 valence electrons. The smallest absolute Gasteiger partial charge is 0.356 e. The molecule has 1 aromatic heterocycles. The van der Waals surface area contributed by atoms with Crippen molar-refractivity contribution in [2.45, 2.75) is 17.9 Å². The lowest BCUT2D eigenvalue weighted by Gasteiger charge is -2.18. The maximum absolute atomic E-state index is 13.0. The molecule has 2 N–H and O–H groups in total. The van der Waals surface area contributed by atoms with Crippen molar-refractivity contribution in [3.63, 3.8) is 0 Å². The first-order valence-electron chi connectivity index (χ1n) is 9.55. The van der Waals surface area contributed by atoms with Crippen molar-refractivity contribution in [2.75, 3.05) is 12.4 Å². The van der Waals surface area contributed by atoms with E-state index in [2.05, 4.69) is 10.0 Å². The zero-order valence-corrected chi connectivity index (χ0v) is 19.2. The molecule has 2 aromatic carbocycles. The van der Waals surface area contributed by atoms with Crippen LogP contribution in [0.25, 0.3) is 0 Å². The Hall–Kier alpha value is -3.14. The summed E-state index contributed by atoms with van der Waals surface area (Å²) < 4.78 is 33.1. The first-order chi connectivity index (χ1) is 15.1. The Kier molecular flexibility index (Phi) is 7.02. The summed E-state index contributed by atoms with van der Waals surface area (Å²) in [7, 11) is -0.967. The number of rotatable bonds is 7. The number of sulfonamides is 1. The third-order valence-corrected chi connectivity index (χ3v) is 6.56. The summed E-state index contributed by atoms with van der Waals surface area (Å²) in [4.78, 5) is 25.8. The van der Waals surface area contributed by atoms with Gasteiger partial charge < -0.3 is 14.6 Å². The number of carbonyl (C=O) groups excluding carboxylic acids is 2. The molecule has 0 aliphatic carbocycles. The molecule has 0 fully saturated rings. The van der Waals surface area contributed by atoms with E-state index < -0.39 is 28.0 Å². The van der Waals surface area contributed by atoms with Crippen molar-refractivity contribution >= 4 is 39.2 Å². The Morgan fingerprint density at radius 2 is 1.78 bits per heavy atom. The van der Waals surface area contributed by atoms with Gasteiger partial charge in [0.2, 0.25) is 16.1 Å². The number of esters is 1. The molecular formula is C22H22ClN3O5S. The van der Waals surface area contributed by atoms with Gasteiger partial charge in [0.15, 0.2) is 0 Å². The lowest BCUT2D eigenvalue weighted by Crippen LogP contribution is -2.26. The van der Waals surface area contributed by atoms with E-state index in [9.17, 15) is 18.0 Å². The minimum absolute atomic E-state index is 0.0223. The van der Waals surface area contributed by atoms with Crippen molar-refractivity contribution in [1.82, 2.24) is 9.29 Å². The lowest BCUT2D eigenvalue weighted by atomic mass is 10.1. The summed E-state index contributed by atoms with van der Waals surface area (Å²) in [5.41, 5.74) is 1.73. The Labute approximate surface area is 191 Å². The minimum Gasteiger partial charge on any atom is -0.443 e. The summed E-state index contributed by atoms with van der Waals surface area (Å²) in [5.74, 6) is -1.43. The topological polar surface area (TPSA) is 106 Å². The van der Waals surface area contributed by atoms with E-state index in [0.29, 0.717) is 16.3 Å². The normalized spacial score (nSPS) is 12.2. The van der Waals surface area contributed by atoms with Gasteiger partial charge in [0.1, 0.15) is 10.6 Å². The molecule has 0 bridgehead atoms. The maximum atomic E-state index is 13.0. The number of carbonyl (C=O) groups is 2. The maximum Gasteiger partial charge on any atom is 0.356 e. The minimum atomic E-state index is -3.75. The van der Waals surface area contributed by atoms with Gasteiger partial charge in [0.25, 0.3) is 5.91 Å². The summed E-state index contributed by atoms with van der Waals surface area (Å²) in [6.07, 6.45) is 0.0111. The average molecular weight is 476 g/mol. The molecule has 3 aromatic rings. The number of ether oxygens (including phenoxy) is 1. The molecule has 1 amide bonds. The first-order valence-corrected chi connectivity index (χ1v) is 11.4. The highest BCUT2D eigenvalue weighted by Gasteiger charge is 2.28. The van der Waals surface area contributed by atoms with E-state index in [1.54, 1.807) is 48.5 Å². The highest BCUT2D eigenvalue weighted by molar-refractivity contribution is 7.89. The number of benzene rings is 2. The highest BCUT2D eigenvalue weighted by atomic mass is 35.5. The van der Waals surface area contributed by atoms with E-state index in [0.717, 1.165) is 5.56 Å². The predicted octanol–water partition coefficient (Wildman–Crippen LogP) is 3.43. The Balaban J connectivity index is 1.89. The summed E-state index contributed by atoms with van der Waals surface area (Å²) in [6.45, 7) is 1.84. The summed E-state index contributed by atoms with van der Waals surface area (Å²) in [5, 5.41) is 3.19. The van der Waals surface area contributed by atoms with Gasteiger partial charge >= 0.3 is 5.97 Å². The van der Waals surface area contributed by atoms with E-state index in [1.807, 2.05) is 6.92 Å². The van der Waals surface area contributed by atoms with Crippen LogP contribution < -0.4 is 10.0 Å². The number of anilines is 1. The van der Waals surface area contributed by atoms with Crippen LogP contribution in [0.3, 0.4) is 0 Å². The number of nitrogens with one attached hydrogen (secondary N) is 2. The van der Waals surface area contributed by atoms with Gasteiger partial charge in [0.05, 0.1) is 0 Å². The van der Waals surface area contributed by atoms with Gasteiger partial charge in [-0.3, -0.25) is 4.79 Å². The number of aromatic nitrogens is 1. The summed E-state index contributed by atoms with van der Waals surface area (Å²) >= 11 is 6.13. The zero-order chi connectivity index (χ0) is 23.5. The molecule has 0 spiro atoms. The number of halogens is 1. The van der Waals surface area contributed by atoms with Crippen LogP contribution in [0.1, 0.15) is 27.7 Å². The fourth-order valence-electron chi connectivity index (χ4n) is 2.95. The van der Waals surface area contributed by atoms with Crippen molar-refractivity contribution < 1.29 is 22.7 Å². The van der Waals surface area contributed by atoms with Crippen LogP contribution in [-0.2, 0) is 26.6 Å². The molecule has 0 aliphatic heterocycles. The Bertz CT molecular complexity index is 1260. The number of hydrogen-bond acceptors (Lipinski definition) is 5. The van der Waals surface area contributed by atoms with Gasteiger partial charge in [-0.15, -0.1) is 0 Å². The second-order valence-corrected chi connectivity index (χ2v) is 9.32. The third-order valence-electron chi connectivity index (χ3n) is 4.77. The van der Waals surface area contributed by atoms with E-state index in [4.69, 9.17) is 16.3 Å². The van der Waals surface area contributed by atoms with Crippen LogP contribution in [0.4, 0.5) is 5.69 Å². The van der Waals surface area contributed by atoms with Crippen LogP contribution in [0, 0.1) is 6.92 Å². The molecule has 32 heavy (non-hydrogen) atoms. The number of nitrogens with zero attached hydrogens (tertiary/aromatic N) is 1. The molecule has 0 aliphatic rings. The van der Waals surface area contributed by atoms with E-state index in [1.165, 1.54) is 30.9 Å². The second-order valence-electron chi connectivity index (χ2n) is 7.03. The SMILES string of the molecule is CNS(=O)(=O)c1cc(C(=O)OC(C(=O)Nc2ccc(C)c(Cl)c2)c2ccccc2)n(C)c1. The molecular weight excluding hydrogens is 454 g/mol. The number of aryl methyl sites for hydroxylation is 2. The molecule has 0 radical (unpaired) electrons. The van der Waals surface area contributed by atoms with Crippen molar-refractivity contribution in [3.8, 4) is 0 Å². The summed E-state index contributed by atoms with van der Waals surface area (Å²) in [6, 6.07) is 14.7. The molecule has 3 rings (SSSR count). The monoisotopic (exact) mass is 475 g/mol. The highest BCUT2D eigenvalue weighted by Crippen LogP contribution is 2.25. The lowest BCUT2D eigenvalue weighted by molar-refractivity contribution is -0.125. The van der Waals surface area contributed by atoms with Crippen LogP contribution in [0.15, 0.2) is 65.7 Å². The third kappa shape index (κ3) is 5.18. The van der Waals surface area contributed by atoms with Gasteiger partial charge in [-0.2, -0.15) is 0 Å². The number of hydrogen-bond donors (Lipinski definition) is 2. The van der Waals surface area contributed by atoms with Crippen molar-refractivity contribution in [1.29, 1.82) is 0 Å². The van der Waals surface area contributed by atoms with Gasteiger partial charge in [-0.25, -0.2) is 17.9 Å². The fourth-order valence-corrected chi connectivity index (χ4v) is 3.93. The molecule has 0 saturated carbocycles. The molecule has 0 saturated heterocycles. The van der Waals surface area contributed by atoms with Crippen molar-refractivity contribution in [2.24, 2.45) is 7.05 Å². The van der Waals surface area contributed by atoms with Gasteiger partial charge in [0, 0.05) is 29.5 Å².